The van der Waals surface area contributed by atoms with Gasteiger partial charge >= 0.3 is 0 Å². The molecule has 0 saturated carbocycles. The van der Waals surface area contributed by atoms with Crippen LogP contribution in [0, 0.1) is 6.92 Å². The molecule has 1 aromatic carbocycles. The second-order valence-electron chi connectivity index (χ2n) is 4.62. The van der Waals surface area contributed by atoms with E-state index in [1.54, 1.807) is 19.1 Å². The van der Waals surface area contributed by atoms with Crippen molar-refractivity contribution in [1.82, 2.24) is 4.31 Å². The lowest BCUT2D eigenvalue weighted by Gasteiger charge is -2.26. The summed E-state index contributed by atoms with van der Waals surface area (Å²) in [6, 6.07) is 4.70. The lowest BCUT2D eigenvalue weighted by atomic mass is 10.2. The highest BCUT2D eigenvalue weighted by molar-refractivity contribution is 7.89. The lowest BCUT2D eigenvalue weighted by Crippen LogP contribution is -2.35. The van der Waals surface area contributed by atoms with Crippen LogP contribution in [0.4, 0.5) is 5.69 Å². The van der Waals surface area contributed by atoms with Gasteiger partial charge in [0.2, 0.25) is 16.1 Å². The molecule has 1 aliphatic heterocycles. The molecule has 1 fully saturated rings. The van der Waals surface area contributed by atoms with Crippen LogP contribution in [0.25, 0.3) is 0 Å². The zero-order chi connectivity index (χ0) is 13.9. The van der Waals surface area contributed by atoms with Gasteiger partial charge in [0.15, 0.2) is 0 Å². The minimum atomic E-state index is -3.49. The zero-order valence-electron chi connectivity index (χ0n) is 10.8. The van der Waals surface area contributed by atoms with Gasteiger partial charge in [0, 0.05) is 13.1 Å². The van der Waals surface area contributed by atoms with Gasteiger partial charge in [0.1, 0.15) is 0 Å². The van der Waals surface area contributed by atoms with Crippen molar-refractivity contribution in [2.24, 2.45) is 4.99 Å². The Morgan fingerprint density at radius 2 is 1.89 bits per heavy atom. The first-order valence-electron chi connectivity index (χ1n) is 6.24. The molecule has 0 atom stereocenters. The Kier molecular flexibility index (Phi) is 4.14. The molecule has 6 heteroatoms. The first-order valence-corrected chi connectivity index (χ1v) is 7.68. The summed E-state index contributed by atoms with van der Waals surface area (Å²) in [6.45, 7) is 2.86. The second-order valence-corrected chi connectivity index (χ2v) is 6.52. The largest absolute Gasteiger partial charge is 0.243 e. The number of aliphatic imine (C=N–C) groups is 1. The predicted molar refractivity (Wildman–Crippen MR) is 71.6 cm³/mol. The maximum absolute atomic E-state index is 12.6. The monoisotopic (exact) mass is 280 g/mol. The summed E-state index contributed by atoms with van der Waals surface area (Å²) in [6.07, 6.45) is 4.28. The Hall–Kier alpha value is -1.49. The molecule has 19 heavy (non-hydrogen) atoms. The van der Waals surface area contributed by atoms with Crippen molar-refractivity contribution in [2.45, 2.75) is 31.1 Å². The molecular weight excluding hydrogens is 264 g/mol. The van der Waals surface area contributed by atoms with Gasteiger partial charge in [-0.3, -0.25) is 0 Å². The van der Waals surface area contributed by atoms with E-state index in [9.17, 15) is 13.2 Å². The van der Waals surface area contributed by atoms with Crippen LogP contribution in [0.5, 0.6) is 0 Å². The molecule has 1 heterocycles. The van der Waals surface area contributed by atoms with Crippen molar-refractivity contribution < 1.29 is 13.2 Å². The van der Waals surface area contributed by atoms with Crippen molar-refractivity contribution in [2.75, 3.05) is 13.1 Å². The average molecular weight is 280 g/mol. The molecule has 0 unspecified atom stereocenters. The Labute approximate surface area is 113 Å². The third-order valence-corrected chi connectivity index (χ3v) is 5.32. The molecule has 0 aliphatic carbocycles. The molecule has 1 saturated heterocycles. The van der Waals surface area contributed by atoms with Crippen LogP contribution in [0.1, 0.15) is 24.8 Å². The Balaban J connectivity index is 2.44. The fourth-order valence-corrected chi connectivity index (χ4v) is 3.99. The smallest absolute Gasteiger partial charge is 0.211 e. The Bertz CT molecular complexity index is 613. The Morgan fingerprint density at radius 1 is 1.21 bits per heavy atom. The average Bonchev–Trinajstić information content (AvgIpc) is 2.42. The highest BCUT2D eigenvalue weighted by atomic mass is 32.2. The molecule has 2 rings (SSSR count). The summed E-state index contributed by atoms with van der Waals surface area (Å²) in [5.74, 6) is 0. The number of nitrogens with zero attached hydrogens (tertiary/aromatic N) is 2. The number of hydrogen-bond donors (Lipinski definition) is 0. The van der Waals surface area contributed by atoms with E-state index in [2.05, 4.69) is 4.99 Å². The molecule has 102 valence electrons. The molecule has 1 aliphatic rings. The normalized spacial score (nSPS) is 16.9. The third kappa shape index (κ3) is 2.92. The minimum Gasteiger partial charge on any atom is -0.211 e. The molecular formula is C13H16N2O3S. The second kappa shape index (κ2) is 5.65. The molecule has 0 aromatic heterocycles. The van der Waals surface area contributed by atoms with Gasteiger partial charge in [-0.15, -0.1) is 0 Å². The summed E-state index contributed by atoms with van der Waals surface area (Å²) in [4.78, 5) is 14.0. The number of benzene rings is 1. The standard InChI is InChI=1S/C13H16N2O3S/c1-11-5-6-12(14-10-16)9-13(11)19(17,18)15-7-3-2-4-8-15/h5-6,9H,2-4,7-8H2,1H3. The van der Waals surface area contributed by atoms with E-state index < -0.39 is 10.0 Å². The lowest BCUT2D eigenvalue weighted by molar-refractivity contribution is 0.346. The van der Waals surface area contributed by atoms with Crippen LogP contribution in [-0.2, 0) is 14.8 Å². The molecule has 1 aromatic rings. The van der Waals surface area contributed by atoms with Crippen LogP contribution in [-0.4, -0.2) is 31.9 Å². The summed E-state index contributed by atoms with van der Waals surface area (Å²) < 4.78 is 26.6. The van der Waals surface area contributed by atoms with Gasteiger partial charge < -0.3 is 0 Å². The summed E-state index contributed by atoms with van der Waals surface area (Å²) >= 11 is 0. The van der Waals surface area contributed by atoms with Crippen molar-refractivity contribution in [1.29, 1.82) is 0 Å². The van der Waals surface area contributed by atoms with Crippen LogP contribution < -0.4 is 0 Å². The van der Waals surface area contributed by atoms with E-state index in [0.29, 0.717) is 24.3 Å². The molecule has 0 amide bonds. The van der Waals surface area contributed by atoms with Gasteiger partial charge in [-0.25, -0.2) is 13.2 Å². The fraction of sp³-hybridized carbons (Fsp3) is 0.462. The summed E-state index contributed by atoms with van der Waals surface area (Å²) in [5, 5.41) is 0. The SMILES string of the molecule is Cc1ccc(N=C=O)cc1S(=O)(=O)N1CCCCC1. The van der Waals surface area contributed by atoms with Gasteiger partial charge in [0.05, 0.1) is 10.6 Å². The number of aryl methyl sites for hydroxylation is 1. The molecule has 0 spiro atoms. The highest BCUT2D eigenvalue weighted by Gasteiger charge is 2.27. The van der Waals surface area contributed by atoms with Gasteiger partial charge in [-0.05, 0) is 37.5 Å². The van der Waals surface area contributed by atoms with Crippen molar-refractivity contribution in [3.8, 4) is 0 Å². The molecule has 0 radical (unpaired) electrons. The van der Waals surface area contributed by atoms with Crippen molar-refractivity contribution in [3.05, 3.63) is 23.8 Å². The number of rotatable bonds is 3. The van der Waals surface area contributed by atoms with E-state index in [0.717, 1.165) is 19.3 Å². The van der Waals surface area contributed by atoms with Crippen LogP contribution >= 0.6 is 0 Å². The quantitative estimate of drug-likeness (QED) is 0.629. The Morgan fingerprint density at radius 3 is 2.53 bits per heavy atom. The summed E-state index contributed by atoms with van der Waals surface area (Å²) in [5.41, 5.74) is 0.978. The number of carbonyl (C=O) groups excluding carboxylic acids is 1. The van der Waals surface area contributed by atoms with E-state index >= 15 is 0 Å². The van der Waals surface area contributed by atoms with Gasteiger partial charge in [-0.2, -0.15) is 9.30 Å². The maximum atomic E-state index is 12.6. The number of hydrogen-bond acceptors (Lipinski definition) is 4. The van der Waals surface area contributed by atoms with E-state index in [-0.39, 0.29) is 4.90 Å². The van der Waals surface area contributed by atoms with Crippen molar-refractivity contribution >= 4 is 21.8 Å². The van der Waals surface area contributed by atoms with E-state index in [4.69, 9.17) is 0 Å². The van der Waals surface area contributed by atoms with Crippen LogP contribution in [0.15, 0.2) is 28.1 Å². The fourth-order valence-electron chi connectivity index (χ4n) is 2.23. The topological polar surface area (TPSA) is 66.8 Å². The first kappa shape index (κ1) is 13.9. The first-order chi connectivity index (χ1) is 9.05. The zero-order valence-corrected chi connectivity index (χ0v) is 11.6. The van der Waals surface area contributed by atoms with Crippen LogP contribution in [0.2, 0.25) is 0 Å². The summed E-state index contributed by atoms with van der Waals surface area (Å²) in [7, 11) is -3.49. The molecule has 0 N–H and O–H groups in total. The number of piperidine rings is 1. The highest BCUT2D eigenvalue weighted by Crippen LogP contribution is 2.26. The van der Waals surface area contributed by atoms with Gasteiger partial charge in [-0.1, -0.05) is 12.5 Å². The van der Waals surface area contributed by atoms with Crippen LogP contribution in [0.3, 0.4) is 0 Å². The number of sulfonamides is 1. The molecule has 0 bridgehead atoms. The number of isocyanates is 1. The third-order valence-electron chi connectivity index (χ3n) is 3.28. The minimum absolute atomic E-state index is 0.228. The van der Waals surface area contributed by atoms with Gasteiger partial charge in [0.25, 0.3) is 0 Å². The maximum Gasteiger partial charge on any atom is 0.243 e. The predicted octanol–water partition coefficient (Wildman–Crippen LogP) is 2.14. The van der Waals surface area contributed by atoms with E-state index in [1.165, 1.54) is 16.5 Å². The van der Waals surface area contributed by atoms with E-state index in [1.807, 2.05) is 0 Å². The van der Waals surface area contributed by atoms with Crippen molar-refractivity contribution in [3.63, 3.8) is 0 Å². The molecule has 5 nitrogen and oxygen atoms in total.